The second-order valence-corrected chi connectivity index (χ2v) is 8.84. The maximum Gasteiger partial charge on any atom is 0.251 e. The largest absolute Gasteiger partial charge is 0.387 e. The maximum atomic E-state index is 13.2. The molecule has 0 aliphatic rings. The van der Waals surface area contributed by atoms with Crippen molar-refractivity contribution in [1.29, 1.82) is 0 Å². The molecular weight excluding hydrogens is 371 g/mol. The highest BCUT2D eigenvalue weighted by Gasteiger charge is 2.22. The molecule has 2 aromatic carbocycles. The first-order chi connectivity index (χ1) is 12.5. The van der Waals surface area contributed by atoms with Gasteiger partial charge in [0.05, 0.1) is 11.0 Å². The van der Waals surface area contributed by atoms with Gasteiger partial charge >= 0.3 is 0 Å². The highest BCUT2D eigenvalue weighted by atomic mass is 32.2. The summed E-state index contributed by atoms with van der Waals surface area (Å²) in [5.41, 5.74) is -0.0248. The molecule has 0 saturated heterocycles. The van der Waals surface area contributed by atoms with Crippen molar-refractivity contribution >= 4 is 15.9 Å². The summed E-state index contributed by atoms with van der Waals surface area (Å²) in [5, 5.41) is 12.6. The molecule has 0 bridgehead atoms. The van der Waals surface area contributed by atoms with E-state index in [0.29, 0.717) is 5.56 Å². The number of nitrogens with one attached hydrogen (secondary N) is 2. The summed E-state index contributed by atoms with van der Waals surface area (Å²) in [7, 11) is -3.68. The molecule has 0 heterocycles. The summed E-state index contributed by atoms with van der Waals surface area (Å²) in [6.07, 6.45) is -1.06. The van der Waals surface area contributed by atoms with Gasteiger partial charge in [0.15, 0.2) is 0 Å². The summed E-state index contributed by atoms with van der Waals surface area (Å²) in [6.45, 7) is 5.09. The highest BCUT2D eigenvalue weighted by molar-refractivity contribution is 7.89. The van der Waals surface area contributed by atoms with Crippen LogP contribution in [-0.2, 0) is 10.0 Å². The molecule has 0 fully saturated rings. The van der Waals surface area contributed by atoms with Gasteiger partial charge in [0.25, 0.3) is 5.91 Å². The van der Waals surface area contributed by atoms with Gasteiger partial charge in [-0.25, -0.2) is 17.5 Å². The number of halogens is 1. The molecule has 0 spiro atoms. The van der Waals surface area contributed by atoms with E-state index in [0.717, 1.165) is 0 Å². The van der Waals surface area contributed by atoms with E-state index in [9.17, 15) is 22.7 Å². The fraction of sp³-hybridized carbons (Fsp3) is 0.316. The van der Waals surface area contributed by atoms with E-state index in [2.05, 4.69) is 10.0 Å². The first-order valence-electron chi connectivity index (χ1n) is 8.34. The lowest BCUT2D eigenvalue weighted by Gasteiger charge is -2.20. The Hall–Kier alpha value is -2.29. The fourth-order valence-electron chi connectivity index (χ4n) is 2.37. The summed E-state index contributed by atoms with van der Waals surface area (Å²) in [5.74, 6) is -0.947. The van der Waals surface area contributed by atoms with Crippen LogP contribution in [0.15, 0.2) is 53.4 Å². The molecule has 1 amide bonds. The molecule has 27 heavy (non-hydrogen) atoms. The summed E-state index contributed by atoms with van der Waals surface area (Å²) < 4.78 is 40.2. The van der Waals surface area contributed by atoms with Crippen molar-refractivity contribution in [2.24, 2.45) is 0 Å². The zero-order chi connectivity index (χ0) is 20.2. The standard InChI is InChI=1S/C19H23FN2O4S/c1-19(2,3)22-27(25,26)16-9-7-13(8-10-16)18(24)21-12-17(23)14-5-4-6-15(20)11-14/h4-11,17,22-23H,12H2,1-3H3,(H,21,24). The molecule has 2 aromatic rings. The molecule has 0 radical (unpaired) electrons. The van der Waals surface area contributed by atoms with E-state index >= 15 is 0 Å². The van der Waals surface area contributed by atoms with Crippen molar-refractivity contribution in [1.82, 2.24) is 10.0 Å². The minimum atomic E-state index is -3.68. The molecule has 1 atom stereocenters. The molecular formula is C19H23FN2O4S. The molecule has 0 aliphatic carbocycles. The van der Waals surface area contributed by atoms with E-state index in [1.54, 1.807) is 26.8 Å². The van der Waals surface area contributed by atoms with Crippen LogP contribution in [0.1, 0.15) is 42.8 Å². The quantitative estimate of drug-likeness (QED) is 0.701. The van der Waals surface area contributed by atoms with Crippen LogP contribution in [0.4, 0.5) is 4.39 Å². The third-order valence-corrected chi connectivity index (χ3v) is 5.33. The summed E-state index contributed by atoms with van der Waals surface area (Å²) in [6, 6.07) is 10.9. The lowest BCUT2D eigenvalue weighted by molar-refractivity contribution is 0.0916. The smallest absolute Gasteiger partial charge is 0.251 e. The first-order valence-corrected chi connectivity index (χ1v) is 9.82. The Morgan fingerprint density at radius 2 is 1.78 bits per heavy atom. The molecule has 146 valence electrons. The topological polar surface area (TPSA) is 95.5 Å². The van der Waals surface area contributed by atoms with Crippen LogP contribution in [0, 0.1) is 5.82 Å². The van der Waals surface area contributed by atoms with Crippen molar-refractivity contribution in [2.75, 3.05) is 6.54 Å². The average molecular weight is 394 g/mol. The second-order valence-electron chi connectivity index (χ2n) is 7.16. The van der Waals surface area contributed by atoms with Crippen molar-refractivity contribution in [3.63, 3.8) is 0 Å². The lowest BCUT2D eigenvalue weighted by Crippen LogP contribution is -2.40. The number of carbonyl (C=O) groups excluding carboxylic acids is 1. The van der Waals surface area contributed by atoms with Crippen LogP contribution in [0.5, 0.6) is 0 Å². The third kappa shape index (κ3) is 6.13. The van der Waals surface area contributed by atoms with Crippen LogP contribution in [-0.4, -0.2) is 31.5 Å². The van der Waals surface area contributed by atoms with Crippen molar-refractivity contribution in [3.8, 4) is 0 Å². The van der Waals surface area contributed by atoms with E-state index in [4.69, 9.17) is 0 Å². The number of hydrogen-bond acceptors (Lipinski definition) is 4. The molecule has 0 aliphatic heterocycles. The monoisotopic (exact) mass is 394 g/mol. The van der Waals surface area contributed by atoms with Gasteiger partial charge in [0.2, 0.25) is 10.0 Å². The fourth-order valence-corrected chi connectivity index (χ4v) is 3.79. The van der Waals surface area contributed by atoms with Gasteiger partial charge in [-0.3, -0.25) is 4.79 Å². The first kappa shape index (κ1) is 21.0. The van der Waals surface area contributed by atoms with Gasteiger partial charge in [0, 0.05) is 17.6 Å². The van der Waals surface area contributed by atoms with Gasteiger partial charge in [-0.15, -0.1) is 0 Å². The molecule has 8 heteroatoms. The molecule has 2 rings (SSSR count). The average Bonchev–Trinajstić information content (AvgIpc) is 2.57. The Bertz CT molecular complexity index is 906. The molecule has 1 unspecified atom stereocenters. The molecule has 6 nitrogen and oxygen atoms in total. The van der Waals surface area contributed by atoms with Gasteiger partial charge in [-0.1, -0.05) is 12.1 Å². The molecule has 3 N–H and O–H groups in total. The minimum Gasteiger partial charge on any atom is -0.387 e. The van der Waals surface area contributed by atoms with Crippen LogP contribution in [0.25, 0.3) is 0 Å². The predicted octanol–water partition coefficient (Wildman–Crippen LogP) is 2.37. The molecule has 0 aromatic heterocycles. The number of benzene rings is 2. The minimum absolute atomic E-state index is 0.0498. The van der Waals surface area contributed by atoms with Crippen molar-refractivity contribution in [2.45, 2.75) is 37.3 Å². The normalized spacial score (nSPS) is 13.2. The van der Waals surface area contributed by atoms with Gasteiger partial charge < -0.3 is 10.4 Å². The van der Waals surface area contributed by atoms with Crippen LogP contribution >= 0.6 is 0 Å². The third-order valence-electron chi connectivity index (χ3n) is 3.56. The number of carbonyl (C=O) groups is 1. The molecule has 0 saturated carbocycles. The summed E-state index contributed by atoms with van der Waals surface area (Å²) in [4.78, 5) is 12.2. The second kappa shape index (κ2) is 8.16. The Kier molecular flexibility index (Phi) is 6.35. The number of aliphatic hydroxyl groups excluding tert-OH is 1. The Labute approximate surface area is 158 Å². The number of sulfonamides is 1. The number of aliphatic hydroxyl groups is 1. The zero-order valence-corrected chi connectivity index (χ0v) is 16.2. The number of rotatable bonds is 6. The Morgan fingerprint density at radius 3 is 2.33 bits per heavy atom. The Balaban J connectivity index is 2.01. The number of amides is 1. The van der Waals surface area contributed by atoms with Gasteiger partial charge in [-0.2, -0.15) is 0 Å². The SMILES string of the molecule is CC(C)(C)NS(=O)(=O)c1ccc(C(=O)NCC(O)c2cccc(F)c2)cc1. The zero-order valence-electron chi connectivity index (χ0n) is 15.4. The van der Waals surface area contributed by atoms with Crippen molar-refractivity contribution in [3.05, 3.63) is 65.5 Å². The van der Waals surface area contributed by atoms with E-state index < -0.39 is 33.4 Å². The predicted molar refractivity (Wildman–Crippen MR) is 100 cm³/mol. The van der Waals surface area contributed by atoms with E-state index in [-0.39, 0.29) is 17.0 Å². The highest BCUT2D eigenvalue weighted by Crippen LogP contribution is 2.15. The van der Waals surface area contributed by atoms with E-state index in [1.807, 2.05) is 0 Å². The summed E-state index contributed by atoms with van der Waals surface area (Å²) >= 11 is 0. The lowest BCUT2D eigenvalue weighted by atomic mass is 10.1. The van der Waals surface area contributed by atoms with Gasteiger partial charge in [0.1, 0.15) is 5.82 Å². The maximum absolute atomic E-state index is 13.2. The van der Waals surface area contributed by atoms with E-state index in [1.165, 1.54) is 42.5 Å². The Morgan fingerprint density at radius 1 is 1.15 bits per heavy atom. The van der Waals surface area contributed by atoms with Crippen LogP contribution < -0.4 is 10.0 Å². The van der Waals surface area contributed by atoms with Crippen molar-refractivity contribution < 1.29 is 22.7 Å². The van der Waals surface area contributed by atoms with Crippen LogP contribution in [0.2, 0.25) is 0 Å². The van der Waals surface area contributed by atoms with Gasteiger partial charge in [-0.05, 0) is 62.7 Å². The number of hydrogen-bond donors (Lipinski definition) is 3. The van der Waals surface area contributed by atoms with Crippen LogP contribution in [0.3, 0.4) is 0 Å².